The van der Waals surface area contributed by atoms with Gasteiger partial charge in [-0.15, -0.1) is 0 Å². The number of rotatable bonds is 7. The van der Waals surface area contributed by atoms with Crippen LogP contribution in [-0.2, 0) is 14.9 Å². The fourth-order valence-corrected chi connectivity index (χ4v) is 6.88. The Balaban J connectivity index is 1.30. The lowest BCUT2D eigenvalue weighted by Gasteiger charge is -2.34. The molecule has 0 spiro atoms. The van der Waals surface area contributed by atoms with Gasteiger partial charge in [0.25, 0.3) is 0 Å². The normalized spacial score (nSPS) is 19.4. The quantitative estimate of drug-likeness (QED) is 0.183. The molecule has 0 bridgehead atoms. The molecule has 210 valence electrons. The van der Waals surface area contributed by atoms with Gasteiger partial charge in [0.1, 0.15) is 24.2 Å². The summed E-state index contributed by atoms with van der Waals surface area (Å²) in [4.78, 5) is 0. The van der Waals surface area contributed by atoms with Crippen LogP contribution in [0.15, 0.2) is 121 Å². The topological polar surface area (TPSA) is 40.2 Å². The summed E-state index contributed by atoms with van der Waals surface area (Å²) in [5.41, 5.74) is 6.97. The van der Waals surface area contributed by atoms with E-state index in [4.69, 9.17) is 18.9 Å². The Morgan fingerprint density at radius 2 is 1.09 bits per heavy atom. The van der Waals surface area contributed by atoms with E-state index >= 15 is 0 Å². The maximum Gasteiger partial charge on any atom is 0.202 e. The summed E-state index contributed by atoms with van der Waals surface area (Å²) in [6.45, 7) is 2.12. The lowest BCUT2D eigenvalue weighted by molar-refractivity contribution is -0.165. The second-order valence-corrected chi connectivity index (χ2v) is 11.8. The van der Waals surface area contributed by atoms with Crippen molar-refractivity contribution in [3.05, 3.63) is 144 Å². The van der Waals surface area contributed by atoms with Gasteiger partial charge in [-0.3, -0.25) is 0 Å². The summed E-state index contributed by atoms with van der Waals surface area (Å²) in [6, 6.07) is 44.2. The molecule has 0 amide bonds. The molecule has 43 heavy (non-hydrogen) atoms. The molecule has 4 nitrogen and oxygen atoms in total. The van der Waals surface area contributed by atoms with Crippen LogP contribution in [0.3, 0.4) is 0 Å². The third-order valence-electron chi connectivity index (χ3n) is 9.21. The predicted octanol–water partition coefficient (Wildman–Crippen LogP) is 8.26. The monoisotopic (exact) mass is 562 g/mol. The van der Waals surface area contributed by atoms with Crippen LogP contribution < -0.4 is 9.47 Å². The van der Waals surface area contributed by atoms with E-state index in [-0.39, 0.29) is 12.4 Å². The molecular weight excluding hydrogens is 532 g/mol. The van der Waals surface area contributed by atoms with Gasteiger partial charge in [0.05, 0.1) is 18.6 Å². The first kappa shape index (κ1) is 24.9. The van der Waals surface area contributed by atoms with Crippen molar-refractivity contribution in [1.29, 1.82) is 0 Å². The van der Waals surface area contributed by atoms with Gasteiger partial charge in [0.15, 0.2) is 0 Å². The molecule has 3 aliphatic rings. The SMILES string of the molecule is c1ccc2cc3c(cc2c1)-c1cc2ccccc2cc1C3(c1ccc(OCC2CO2)cc1)c1ccc(OC2CCO2)cc1. The fourth-order valence-electron chi connectivity index (χ4n) is 6.88. The van der Waals surface area contributed by atoms with Crippen molar-refractivity contribution in [3.8, 4) is 22.6 Å². The smallest absolute Gasteiger partial charge is 0.202 e. The minimum Gasteiger partial charge on any atom is -0.491 e. The van der Waals surface area contributed by atoms with Crippen molar-refractivity contribution in [2.24, 2.45) is 0 Å². The minimum atomic E-state index is -0.539. The first-order valence-corrected chi connectivity index (χ1v) is 15.1. The van der Waals surface area contributed by atoms with E-state index < -0.39 is 5.41 Å². The molecule has 2 heterocycles. The molecule has 9 rings (SSSR count). The Kier molecular flexibility index (Phi) is 5.62. The van der Waals surface area contributed by atoms with Gasteiger partial charge < -0.3 is 18.9 Å². The van der Waals surface area contributed by atoms with E-state index in [2.05, 4.69) is 121 Å². The third kappa shape index (κ3) is 4.05. The summed E-state index contributed by atoms with van der Waals surface area (Å²) in [5.74, 6) is 1.68. The zero-order valence-electron chi connectivity index (χ0n) is 23.7. The van der Waals surface area contributed by atoms with Crippen molar-refractivity contribution in [3.63, 3.8) is 0 Å². The molecule has 0 N–H and O–H groups in total. The zero-order chi connectivity index (χ0) is 28.4. The van der Waals surface area contributed by atoms with Crippen LogP contribution in [-0.4, -0.2) is 32.2 Å². The lowest BCUT2D eigenvalue weighted by atomic mass is 9.67. The Morgan fingerprint density at radius 3 is 1.56 bits per heavy atom. The Morgan fingerprint density at radius 1 is 0.605 bits per heavy atom. The fraction of sp³-hybridized carbons (Fsp3) is 0.179. The summed E-state index contributed by atoms with van der Waals surface area (Å²) < 4.78 is 23.0. The van der Waals surface area contributed by atoms with E-state index in [0.29, 0.717) is 6.61 Å². The van der Waals surface area contributed by atoms with Crippen LogP contribution in [0.2, 0.25) is 0 Å². The number of epoxide rings is 1. The summed E-state index contributed by atoms with van der Waals surface area (Å²) >= 11 is 0. The van der Waals surface area contributed by atoms with Crippen molar-refractivity contribution >= 4 is 21.5 Å². The zero-order valence-corrected chi connectivity index (χ0v) is 23.7. The Bertz CT molecular complexity index is 1900. The van der Waals surface area contributed by atoms with Crippen LogP contribution in [0, 0.1) is 0 Å². The molecule has 2 aliphatic heterocycles. The third-order valence-corrected chi connectivity index (χ3v) is 9.21. The van der Waals surface area contributed by atoms with Gasteiger partial charge in [-0.25, -0.2) is 0 Å². The highest BCUT2D eigenvalue weighted by Gasteiger charge is 2.46. The standard InChI is InChI=1S/C39H30O4/c1-3-7-27-21-36-34(19-25(27)5-1)35-20-26-6-2-4-8-28(26)22-37(35)39(36,29-9-13-31(14-10-29)41-23-33-24-42-33)30-11-15-32(16-12-30)43-38-17-18-40-38/h1-16,19-22,33,38H,17-18,23-24H2. The van der Waals surface area contributed by atoms with Gasteiger partial charge in [-0.05, 0) is 103 Å². The first-order valence-electron chi connectivity index (χ1n) is 15.1. The highest BCUT2D eigenvalue weighted by molar-refractivity contribution is 6.00. The number of hydrogen-bond acceptors (Lipinski definition) is 4. The average molecular weight is 563 g/mol. The van der Waals surface area contributed by atoms with Gasteiger partial charge in [0.2, 0.25) is 6.29 Å². The van der Waals surface area contributed by atoms with Crippen molar-refractivity contribution in [1.82, 2.24) is 0 Å². The number of hydrogen-bond donors (Lipinski definition) is 0. The average Bonchev–Trinajstić information content (AvgIpc) is 3.83. The molecule has 0 saturated carbocycles. The molecule has 2 saturated heterocycles. The van der Waals surface area contributed by atoms with E-state index in [1.165, 1.54) is 54.9 Å². The van der Waals surface area contributed by atoms with Gasteiger partial charge >= 0.3 is 0 Å². The van der Waals surface area contributed by atoms with E-state index in [1.807, 2.05) is 0 Å². The highest BCUT2D eigenvalue weighted by atomic mass is 16.7. The summed E-state index contributed by atoms with van der Waals surface area (Å²) in [7, 11) is 0. The van der Waals surface area contributed by atoms with Gasteiger partial charge in [-0.2, -0.15) is 0 Å². The van der Waals surface area contributed by atoms with E-state index in [1.54, 1.807) is 0 Å². The molecule has 2 atom stereocenters. The van der Waals surface area contributed by atoms with Crippen LogP contribution in [0.5, 0.6) is 11.5 Å². The van der Waals surface area contributed by atoms with Crippen LogP contribution in [0.25, 0.3) is 32.7 Å². The Labute approximate surface area is 250 Å². The van der Waals surface area contributed by atoms with E-state index in [9.17, 15) is 0 Å². The largest absolute Gasteiger partial charge is 0.491 e. The molecule has 4 heteroatoms. The lowest BCUT2D eigenvalue weighted by Crippen LogP contribution is -2.32. The predicted molar refractivity (Wildman–Crippen MR) is 169 cm³/mol. The molecule has 2 fully saturated rings. The van der Waals surface area contributed by atoms with Crippen molar-refractivity contribution in [2.45, 2.75) is 24.2 Å². The molecule has 6 aromatic carbocycles. The maximum atomic E-state index is 6.08. The summed E-state index contributed by atoms with van der Waals surface area (Å²) in [6.07, 6.45) is 0.986. The highest BCUT2D eigenvalue weighted by Crippen LogP contribution is 2.58. The van der Waals surface area contributed by atoms with Gasteiger partial charge in [0, 0.05) is 6.42 Å². The molecule has 1 aliphatic carbocycles. The van der Waals surface area contributed by atoms with E-state index in [0.717, 1.165) is 31.1 Å². The van der Waals surface area contributed by atoms with Crippen LogP contribution >= 0.6 is 0 Å². The van der Waals surface area contributed by atoms with Crippen LogP contribution in [0.4, 0.5) is 0 Å². The Hall–Kier alpha value is -4.64. The molecular formula is C39H30O4. The second kappa shape index (κ2) is 9.70. The number of benzene rings is 6. The second-order valence-electron chi connectivity index (χ2n) is 11.8. The summed E-state index contributed by atoms with van der Waals surface area (Å²) in [5, 5.41) is 4.95. The minimum absolute atomic E-state index is 0.154. The molecule has 0 aromatic heterocycles. The number of fused-ring (bicyclic) bond motifs is 5. The maximum absolute atomic E-state index is 6.08. The number of ether oxygens (including phenoxy) is 4. The van der Waals surface area contributed by atoms with Crippen molar-refractivity contribution < 1.29 is 18.9 Å². The van der Waals surface area contributed by atoms with Gasteiger partial charge in [-0.1, -0.05) is 72.8 Å². The first-order chi connectivity index (χ1) is 21.3. The van der Waals surface area contributed by atoms with Crippen LogP contribution in [0.1, 0.15) is 28.7 Å². The van der Waals surface area contributed by atoms with Crippen molar-refractivity contribution in [2.75, 3.05) is 19.8 Å². The molecule has 2 unspecified atom stereocenters. The molecule has 6 aromatic rings. The molecule has 0 radical (unpaired) electrons.